The third kappa shape index (κ3) is 2.34. The van der Waals surface area contributed by atoms with Crippen LogP contribution in [0.5, 0.6) is 0 Å². The Balaban J connectivity index is 2.27. The van der Waals surface area contributed by atoms with Crippen molar-refractivity contribution in [2.24, 2.45) is 0 Å². The molecule has 20 heavy (non-hydrogen) atoms. The minimum Gasteiger partial charge on any atom is -0.274 e. The van der Waals surface area contributed by atoms with E-state index in [-0.39, 0.29) is 5.91 Å². The Morgan fingerprint density at radius 2 is 1.85 bits per heavy atom. The van der Waals surface area contributed by atoms with Gasteiger partial charge in [0, 0.05) is 22.3 Å². The average Bonchev–Trinajstić information content (AvgIpc) is 2.77. The third-order valence-electron chi connectivity index (χ3n) is 3.10. The summed E-state index contributed by atoms with van der Waals surface area (Å²) in [5, 5.41) is 1.08. The molecular formula is C16H13BrN2O. The lowest BCUT2D eigenvalue weighted by Gasteiger charge is -2.10. The van der Waals surface area contributed by atoms with Crippen LogP contribution in [0.4, 0.5) is 0 Å². The van der Waals surface area contributed by atoms with Crippen LogP contribution in [0.3, 0.4) is 0 Å². The van der Waals surface area contributed by atoms with Crippen LogP contribution < -0.4 is 5.43 Å². The van der Waals surface area contributed by atoms with E-state index in [1.165, 1.54) is 6.92 Å². The molecule has 1 aromatic heterocycles. The number of hydrogen-bond donors (Lipinski definition) is 1. The Labute approximate surface area is 125 Å². The highest BCUT2D eigenvalue weighted by molar-refractivity contribution is 9.10. The summed E-state index contributed by atoms with van der Waals surface area (Å²) in [4.78, 5) is 11.5. The highest BCUT2D eigenvalue weighted by Gasteiger charge is 2.11. The van der Waals surface area contributed by atoms with Crippen molar-refractivity contribution in [3.05, 3.63) is 59.1 Å². The first kappa shape index (κ1) is 12.9. The summed E-state index contributed by atoms with van der Waals surface area (Å²) in [6.45, 7) is 1.51. The van der Waals surface area contributed by atoms with Gasteiger partial charge in [-0.3, -0.25) is 14.9 Å². The summed E-state index contributed by atoms with van der Waals surface area (Å²) in [5.74, 6) is -0.0948. The van der Waals surface area contributed by atoms with E-state index in [0.29, 0.717) is 0 Å². The fourth-order valence-electron chi connectivity index (χ4n) is 2.29. The monoisotopic (exact) mass is 328 g/mol. The second-order valence-corrected chi connectivity index (χ2v) is 5.52. The van der Waals surface area contributed by atoms with Crippen LogP contribution in [-0.4, -0.2) is 10.6 Å². The maximum absolute atomic E-state index is 11.5. The van der Waals surface area contributed by atoms with Crippen LogP contribution in [0.2, 0.25) is 0 Å². The van der Waals surface area contributed by atoms with Gasteiger partial charge in [0.1, 0.15) is 0 Å². The van der Waals surface area contributed by atoms with E-state index in [1.54, 1.807) is 0 Å². The zero-order chi connectivity index (χ0) is 14.1. The summed E-state index contributed by atoms with van der Waals surface area (Å²) >= 11 is 3.48. The van der Waals surface area contributed by atoms with Crippen molar-refractivity contribution in [3.63, 3.8) is 0 Å². The molecule has 2 aromatic carbocycles. The van der Waals surface area contributed by atoms with Crippen LogP contribution in [0.15, 0.2) is 59.1 Å². The minimum atomic E-state index is -0.0948. The lowest BCUT2D eigenvalue weighted by Crippen LogP contribution is -2.20. The summed E-state index contributed by atoms with van der Waals surface area (Å²) < 4.78 is 2.85. The summed E-state index contributed by atoms with van der Waals surface area (Å²) in [6.07, 6.45) is 0. The molecule has 100 valence electrons. The normalized spacial score (nSPS) is 10.7. The van der Waals surface area contributed by atoms with Gasteiger partial charge in [0.2, 0.25) is 5.91 Å². The molecule has 0 radical (unpaired) electrons. The predicted octanol–water partition coefficient (Wildman–Crippen LogP) is 4.16. The van der Waals surface area contributed by atoms with Crippen molar-refractivity contribution < 1.29 is 4.79 Å². The zero-order valence-electron chi connectivity index (χ0n) is 10.9. The number of nitrogens with one attached hydrogen (secondary N) is 1. The second kappa shape index (κ2) is 5.13. The molecular weight excluding hydrogens is 316 g/mol. The molecule has 0 saturated heterocycles. The number of nitrogens with zero attached hydrogens (tertiary/aromatic N) is 1. The van der Waals surface area contributed by atoms with Crippen LogP contribution >= 0.6 is 15.9 Å². The van der Waals surface area contributed by atoms with Gasteiger partial charge >= 0.3 is 0 Å². The number of halogens is 1. The summed E-state index contributed by atoms with van der Waals surface area (Å²) in [5.41, 5.74) is 5.88. The number of fused-ring (bicyclic) bond motifs is 1. The standard InChI is InChI=1S/C16H13BrN2O/c1-11(20)18-19-15-8-7-14(17)9-13(15)10-16(19)12-5-3-2-4-6-12/h2-10H,1H3,(H,18,20). The van der Waals surface area contributed by atoms with E-state index >= 15 is 0 Å². The number of carbonyl (C=O) groups is 1. The van der Waals surface area contributed by atoms with Crippen LogP contribution in [-0.2, 0) is 4.79 Å². The number of benzene rings is 2. The summed E-state index contributed by atoms with van der Waals surface area (Å²) in [6, 6.07) is 18.1. The first-order chi connectivity index (χ1) is 9.65. The van der Waals surface area contributed by atoms with Gasteiger partial charge in [0.15, 0.2) is 0 Å². The van der Waals surface area contributed by atoms with Crippen LogP contribution in [0.25, 0.3) is 22.2 Å². The van der Waals surface area contributed by atoms with Gasteiger partial charge in [-0.15, -0.1) is 0 Å². The van der Waals surface area contributed by atoms with Gasteiger partial charge < -0.3 is 0 Å². The van der Waals surface area contributed by atoms with Crippen LogP contribution in [0.1, 0.15) is 6.92 Å². The topological polar surface area (TPSA) is 34.0 Å². The molecule has 3 nitrogen and oxygen atoms in total. The van der Waals surface area contributed by atoms with Gasteiger partial charge in [0.25, 0.3) is 0 Å². The van der Waals surface area contributed by atoms with Crippen molar-refractivity contribution >= 4 is 32.7 Å². The fraction of sp³-hybridized carbons (Fsp3) is 0.0625. The molecule has 1 amide bonds. The fourth-order valence-corrected chi connectivity index (χ4v) is 2.66. The van der Waals surface area contributed by atoms with E-state index in [0.717, 1.165) is 26.6 Å². The minimum absolute atomic E-state index is 0.0948. The number of aromatic nitrogens is 1. The molecule has 0 aliphatic heterocycles. The molecule has 0 aliphatic rings. The van der Waals surface area contributed by atoms with Crippen molar-refractivity contribution in [1.82, 2.24) is 4.68 Å². The van der Waals surface area contributed by atoms with E-state index in [2.05, 4.69) is 27.4 Å². The molecule has 4 heteroatoms. The number of amides is 1. The van der Waals surface area contributed by atoms with Gasteiger partial charge in [-0.2, -0.15) is 0 Å². The number of carbonyl (C=O) groups excluding carboxylic acids is 1. The Kier molecular flexibility index (Phi) is 3.32. The predicted molar refractivity (Wildman–Crippen MR) is 85.1 cm³/mol. The Hall–Kier alpha value is -2.07. The molecule has 0 fully saturated rings. The molecule has 0 atom stereocenters. The first-order valence-electron chi connectivity index (χ1n) is 6.29. The number of rotatable bonds is 2. The van der Waals surface area contributed by atoms with Gasteiger partial charge in [-0.25, -0.2) is 0 Å². The molecule has 1 N–H and O–H groups in total. The SMILES string of the molecule is CC(=O)Nn1c(-c2ccccc2)cc2cc(Br)ccc21. The Bertz CT molecular complexity index is 778. The van der Waals surface area contributed by atoms with Crippen molar-refractivity contribution in [3.8, 4) is 11.3 Å². The molecule has 1 heterocycles. The van der Waals surface area contributed by atoms with Crippen molar-refractivity contribution in [2.75, 3.05) is 5.43 Å². The van der Waals surface area contributed by atoms with E-state index in [4.69, 9.17) is 0 Å². The lowest BCUT2D eigenvalue weighted by molar-refractivity contribution is -0.115. The highest BCUT2D eigenvalue weighted by atomic mass is 79.9. The van der Waals surface area contributed by atoms with E-state index < -0.39 is 0 Å². The van der Waals surface area contributed by atoms with Gasteiger partial charge in [-0.1, -0.05) is 46.3 Å². The first-order valence-corrected chi connectivity index (χ1v) is 7.08. The molecule has 0 spiro atoms. The third-order valence-corrected chi connectivity index (χ3v) is 3.60. The van der Waals surface area contributed by atoms with E-state index in [9.17, 15) is 4.79 Å². The quantitative estimate of drug-likeness (QED) is 0.753. The maximum Gasteiger partial charge on any atom is 0.235 e. The van der Waals surface area contributed by atoms with Gasteiger partial charge in [0.05, 0.1) is 11.2 Å². The number of hydrogen-bond acceptors (Lipinski definition) is 1. The highest BCUT2D eigenvalue weighted by Crippen LogP contribution is 2.29. The maximum atomic E-state index is 11.5. The van der Waals surface area contributed by atoms with Gasteiger partial charge in [-0.05, 0) is 24.3 Å². The van der Waals surface area contributed by atoms with E-state index in [1.807, 2.05) is 53.2 Å². The van der Waals surface area contributed by atoms with Crippen molar-refractivity contribution in [1.29, 1.82) is 0 Å². The lowest BCUT2D eigenvalue weighted by atomic mass is 10.1. The molecule has 0 unspecified atom stereocenters. The molecule has 0 bridgehead atoms. The Morgan fingerprint density at radius 1 is 1.10 bits per heavy atom. The molecule has 3 rings (SSSR count). The molecule has 3 aromatic rings. The average molecular weight is 329 g/mol. The van der Waals surface area contributed by atoms with Crippen LogP contribution in [0, 0.1) is 0 Å². The summed E-state index contributed by atoms with van der Waals surface area (Å²) in [7, 11) is 0. The zero-order valence-corrected chi connectivity index (χ0v) is 12.5. The Morgan fingerprint density at radius 3 is 2.55 bits per heavy atom. The largest absolute Gasteiger partial charge is 0.274 e. The van der Waals surface area contributed by atoms with Crippen molar-refractivity contribution in [2.45, 2.75) is 6.92 Å². The molecule has 0 aliphatic carbocycles. The smallest absolute Gasteiger partial charge is 0.235 e. The molecule has 0 saturated carbocycles. The second-order valence-electron chi connectivity index (χ2n) is 4.60.